The fourth-order valence-corrected chi connectivity index (χ4v) is 1.22. The molecule has 17 heavy (non-hydrogen) atoms. The minimum Gasteiger partial charge on any atom is -0.370 e. The molecule has 0 aliphatic rings. The van der Waals surface area contributed by atoms with Crippen LogP contribution in [0.25, 0.3) is 0 Å². The summed E-state index contributed by atoms with van der Waals surface area (Å²) in [7, 11) is 1.51. The molecule has 4 N–H and O–H groups in total. The number of aryl methyl sites for hydroxylation is 1. The van der Waals surface area contributed by atoms with Gasteiger partial charge in [-0.25, -0.2) is 4.79 Å². The molecule has 0 heterocycles. The Balaban J connectivity index is 0.00000256. The van der Waals surface area contributed by atoms with Gasteiger partial charge in [0.15, 0.2) is 5.96 Å². The maximum Gasteiger partial charge on any atom is 0.321 e. The third-order valence-corrected chi connectivity index (χ3v) is 2.02. The lowest BCUT2D eigenvalue weighted by atomic mass is 10.1. The van der Waals surface area contributed by atoms with E-state index in [4.69, 9.17) is 5.73 Å². The van der Waals surface area contributed by atoms with E-state index >= 15 is 0 Å². The van der Waals surface area contributed by atoms with Crippen molar-refractivity contribution in [2.45, 2.75) is 13.5 Å². The molecule has 1 aromatic rings. The predicted molar refractivity (Wildman–Crippen MR) is 71.3 cm³/mol. The van der Waals surface area contributed by atoms with Gasteiger partial charge in [-0.2, -0.15) is 0 Å². The van der Waals surface area contributed by atoms with Gasteiger partial charge in [0, 0.05) is 13.6 Å². The summed E-state index contributed by atoms with van der Waals surface area (Å²) in [5, 5.41) is 5.07. The van der Waals surface area contributed by atoms with Crippen LogP contribution in [0.15, 0.2) is 29.3 Å². The second-order valence-electron chi connectivity index (χ2n) is 3.41. The Bertz CT molecular complexity index is 406. The van der Waals surface area contributed by atoms with Gasteiger partial charge in [0.05, 0.1) is 0 Å². The van der Waals surface area contributed by atoms with E-state index < -0.39 is 0 Å². The Labute approximate surface area is 107 Å². The third kappa shape index (κ3) is 5.77. The van der Waals surface area contributed by atoms with Crippen LogP contribution in [0.5, 0.6) is 0 Å². The first-order chi connectivity index (χ1) is 7.61. The smallest absolute Gasteiger partial charge is 0.321 e. The Hall–Kier alpha value is -1.75. The quantitative estimate of drug-likeness (QED) is 0.548. The molecule has 94 valence electrons. The molecule has 1 rings (SSSR count). The van der Waals surface area contributed by atoms with Crippen molar-refractivity contribution in [3.63, 3.8) is 0 Å². The van der Waals surface area contributed by atoms with Crippen LogP contribution in [0.2, 0.25) is 0 Å². The van der Waals surface area contributed by atoms with E-state index in [-0.39, 0.29) is 24.4 Å². The van der Waals surface area contributed by atoms with Crippen molar-refractivity contribution in [3.05, 3.63) is 35.4 Å². The van der Waals surface area contributed by atoms with E-state index in [1.54, 1.807) is 0 Å². The summed E-state index contributed by atoms with van der Waals surface area (Å²) in [4.78, 5) is 14.9. The number of nitrogens with one attached hydrogen (secondary N) is 2. The van der Waals surface area contributed by atoms with E-state index in [0.717, 1.165) is 11.1 Å². The van der Waals surface area contributed by atoms with Crippen molar-refractivity contribution in [2.24, 2.45) is 10.7 Å². The van der Waals surface area contributed by atoms with E-state index in [0.29, 0.717) is 6.54 Å². The predicted octanol–water partition coefficient (Wildman–Crippen LogP) is 1.16. The number of urea groups is 1. The topological polar surface area (TPSA) is 79.5 Å². The molecular weight excluding hydrogens is 240 g/mol. The number of nitrogens with two attached hydrogens (primary N) is 1. The number of carbonyl (C=O) groups is 1. The number of benzene rings is 1. The van der Waals surface area contributed by atoms with Crippen LogP contribution >= 0.6 is 12.4 Å². The number of carbonyl (C=O) groups excluding carboxylic acids is 1. The number of nitrogens with zero attached hydrogens (tertiary/aromatic N) is 1. The summed E-state index contributed by atoms with van der Waals surface area (Å²) in [6.07, 6.45) is 0. The van der Waals surface area contributed by atoms with Crippen molar-refractivity contribution >= 4 is 24.4 Å². The highest BCUT2D eigenvalue weighted by Gasteiger charge is 2.01. The van der Waals surface area contributed by atoms with Crippen molar-refractivity contribution in [1.82, 2.24) is 10.6 Å². The van der Waals surface area contributed by atoms with Gasteiger partial charge in [-0.1, -0.05) is 29.8 Å². The van der Waals surface area contributed by atoms with E-state index in [1.807, 2.05) is 31.2 Å². The largest absolute Gasteiger partial charge is 0.370 e. The molecule has 0 bridgehead atoms. The summed E-state index contributed by atoms with van der Waals surface area (Å²) < 4.78 is 0. The summed E-state index contributed by atoms with van der Waals surface area (Å²) in [6.45, 7) is 2.47. The van der Waals surface area contributed by atoms with Crippen LogP contribution < -0.4 is 16.4 Å². The molecule has 0 radical (unpaired) electrons. The number of hydrogen-bond donors (Lipinski definition) is 3. The molecule has 0 saturated heterocycles. The number of guanidine groups is 1. The SMILES string of the molecule is CN=C(N)NC(=O)NCc1cccc(C)c1.Cl. The molecule has 0 atom stereocenters. The normalized spacial score (nSPS) is 10.4. The average molecular weight is 257 g/mol. The molecule has 0 fully saturated rings. The molecular formula is C11H17ClN4O. The number of aliphatic imine (C=N–C) groups is 1. The summed E-state index contributed by atoms with van der Waals surface area (Å²) in [5.74, 6) is 0.0988. The average Bonchev–Trinajstić information content (AvgIpc) is 2.26. The summed E-state index contributed by atoms with van der Waals surface area (Å²) in [5.41, 5.74) is 7.55. The fourth-order valence-electron chi connectivity index (χ4n) is 1.22. The minimum atomic E-state index is -0.357. The van der Waals surface area contributed by atoms with Crippen molar-refractivity contribution in [3.8, 4) is 0 Å². The van der Waals surface area contributed by atoms with Crippen LogP contribution in [-0.4, -0.2) is 19.0 Å². The van der Waals surface area contributed by atoms with Crippen LogP contribution in [0.1, 0.15) is 11.1 Å². The van der Waals surface area contributed by atoms with Gasteiger partial charge < -0.3 is 11.1 Å². The van der Waals surface area contributed by atoms with E-state index in [9.17, 15) is 4.79 Å². The van der Waals surface area contributed by atoms with Gasteiger partial charge in [0.1, 0.15) is 0 Å². The van der Waals surface area contributed by atoms with E-state index in [2.05, 4.69) is 15.6 Å². The number of hydrogen-bond acceptors (Lipinski definition) is 2. The number of amides is 2. The maximum absolute atomic E-state index is 11.3. The highest BCUT2D eigenvalue weighted by Crippen LogP contribution is 2.02. The highest BCUT2D eigenvalue weighted by molar-refractivity contribution is 5.95. The monoisotopic (exact) mass is 256 g/mol. The molecule has 2 amide bonds. The van der Waals surface area contributed by atoms with Crippen molar-refractivity contribution < 1.29 is 4.79 Å². The fraction of sp³-hybridized carbons (Fsp3) is 0.273. The van der Waals surface area contributed by atoms with Crippen molar-refractivity contribution in [2.75, 3.05) is 7.05 Å². The van der Waals surface area contributed by atoms with Gasteiger partial charge in [-0.05, 0) is 12.5 Å². The summed E-state index contributed by atoms with van der Waals surface area (Å²) in [6, 6.07) is 7.56. The number of rotatable bonds is 2. The molecule has 0 aliphatic heterocycles. The standard InChI is InChI=1S/C11H16N4O.ClH/c1-8-4-3-5-9(6-8)7-14-11(16)15-10(12)13-2;/h3-6H,7H2,1-2H3,(H4,12,13,14,15,16);1H. The summed E-state index contributed by atoms with van der Waals surface area (Å²) >= 11 is 0. The Morgan fingerprint density at radius 1 is 1.47 bits per heavy atom. The molecule has 6 heteroatoms. The lowest BCUT2D eigenvalue weighted by Crippen LogP contribution is -2.42. The molecule has 0 aromatic heterocycles. The highest BCUT2D eigenvalue weighted by atomic mass is 35.5. The second kappa shape index (κ2) is 7.51. The van der Waals surface area contributed by atoms with Gasteiger partial charge in [-0.3, -0.25) is 10.3 Å². The van der Waals surface area contributed by atoms with Crippen LogP contribution in [0.3, 0.4) is 0 Å². The Kier molecular flexibility index (Phi) is 6.74. The molecule has 0 unspecified atom stereocenters. The zero-order chi connectivity index (χ0) is 12.0. The lowest BCUT2D eigenvalue weighted by Gasteiger charge is -2.07. The number of halogens is 1. The molecule has 0 saturated carbocycles. The van der Waals surface area contributed by atoms with Gasteiger partial charge in [0.25, 0.3) is 0 Å². The zero-order valence-corrected chi connectivity index (χ0v) is 10.7. The molecule has 0 aliphatic carbocycles. The molecule has 0 spiro atoms. The molecule has 5 nitrogen and oxygen atoms in total. The first-order valence-corrected chi connectivity index (χ1v) is 4.94. The lowest BCUT2D eigenvalue weighted by molar-refractivity contribution is 0.245. The van der Waals surface area contributed by atoms with Gasteiger partial charge in [-0.15, -0.1) is 12.4 Å². The van der Waals surface area contributed by atoms with Gasteiger partial charge in [0.2, 0.25) is 0 Å². The van der Waals surface area contributed by atoms with E-state index in [1.165, 1.54) is 7.05 Å². The zero-order valence-electron chi connectivity index (χ0n) is 9.86. The second-order valence-corrected chi connectivity index (χ2v) is 3.41. The Morgan fingerprint density at radius 3 is 2.76 bits per heavy atom. The first-order valence-electron chi connectivity index (χ1n) is 4.94. The Morgan fingerprint density at radius 2 is 2.18 bits per heavy atom. The first kappa shape index (κ1) is 15.2. The molecule has 1 aromatic carbocycles. The van der Waals surface area contributed by atoms with Gasteiger partial charge >= 0.3 is 6.03 Å². The maximum atomic E-state index is 11.3. The van der Waals surface area contributed by atoms with Crippen LogP contribution in [-0.2, 0) is 6.54 Å². The van der Waals surface area contributed by atoms with Crippen LogP contribution in [0, 0.1) is 6.92 Å². The minimum absolute atomic E-state index is 0. The van der Waals surface area contributed by atoms with Crippen molar-refractivity contribution in [1.29, 1.82) is 0 Å². The third-order valence-electron chi connectivity index (χ3n) is 2.02. The van der Waals surface area contributed by atoms with Crippen LogP contribution in [0.4, 0.5) is 4.79 Å².